The Morgan fingerprint density at radius 3 is 3.00 bits per heavy atom. The number of nitro benzene ring substituents is 1. The highest BCUT2D eigenvalue weighted by Gasteiger charge is 2.12. The molecule has 0 aliphatic heterocycles. The lowest BCUT2D eigenvalue weighted by molar-refractivity contribution is -0.385. The second-order valence-corrected chi connectivity index (χ2v) is 4.78. The molecular formula is C12H14N4O4S. The normalized spacial score (nSPS) is 12.0. The van der Waals surface area contributed by atoms with Crippen molar-refractivity contribution in [3.63, 3.8) is 0 Å². The highest BCUT2D eigenvalue weighted by Crippen LogP contribution is 2.17. The molecule has 0 saturated heterocycles. The summed E-state index contributed by atoms with van der Waals surface area (Å²) in [4.78, 5) is 10.4. The molecule has 9 heteroatoms. The predicted molar refractivity (Wildman–Crippen MR) is 76.2 cm³/mol. The predicted octanol–water partition coefficient (Wildman–Crippen LogP) is 0.976. The zero-order valence-corrected chi connectivity index (χ0v) is 11.8. The molecule has 0 radical (unpaired) electrons. The molecule has 0 saturated carbocycles. The smallest absolute Gasteiger partial charge is 0.273 e. The van der Waals surface area contributed by atoms with Gasteiger partial charge >= 0.3 is 0 Å². The summed E-state index contributed by atoms with van der Waals surface area (Å²) in [7, 11) is 0. The summed E-state index contributed by atoms with van der Waals surface area (Å²) in [5.41, 5.74) is 0.628. The molecule has 1 unspecified atom stereocenters. The number of ether oxygens (including phenoxy) is 1. The number of nitro groups is 1. The van der Waals surface area contributed by atoms with Crippen molar-refractivity contribution in [2.45, 2.75) is 12.6 Å². The van der Waals surface area contributed by atoms with Crippen LogP contribution in [0.3, 0.4) is 0 Å². The molecule has 1 aromatic carbocycles. The van der Waals surface area contributed by atoms with E-state index in [2.05, 4.69) is 14.1 Å². The van der Waals surface area contributed by atoms with E-state index in [1.54, 1.807) is 18.2 Å². The lowest BCUT2D eigenvalue weighted by Gasteiger charge is -2.11. The number of hydrogen-bond donors (Lipinski definition) is 2. The van der Waals surface area contributed by atoms with Gasteiger partial charge in [-0.15, -0.1) is 4.37 Å². The Bertz CT molecular complexity index is 578. The van der Waals surface area contributed by atoms with Crippen LogP contribution in [0.25, 0.3) is 0 Å². The third-order valence-electron chi connectivity index (χ3n) is 2.65. The van der Waals surface area contributed by atoms with Crippen LogP contribution in [0.2, 0.25) is 0 Å². The Morgan fingerprint density at radius 2 is 2.29 bits per heavy atom. The molecular weight excluding hydrogens is 296 g/mol. The van der Waals surface area contributed by atoms with Crippen molar-refractivity contribution in [1.29, 1.82) is 0 Å². The topological polar surface area (TPSA) is 110 Å². The number of rotatable bonds is 8. The molecule has 1 aromatic heterocycles. The summed E-state index contributed by atoms with van der Waals surface area (Å²) in [6, 6.07) is 6.48. The third kappa shape index (κ3) is 4.74. The number of hydrogen-bond acceptors (Lipinski definition) is 8. The fourth-order valence-corrected chi connectivity index (χ4v) is 2.04. The second-order valence-electron chi connectivity index (χ2n) is 4.23. The van der Waals surface area contributed by atoms with Gasteiger partial charge in [0.25, 0.3) is 5.69 Å². The van der Waals surface area contributed by atoms with Crippen molar-refractivity contribution in [3.05, 3.63) is 46.1 Å². The van der Waals surface area contributed by atoms with E-state index in [0.717, 1.165) is 11.7 Å². The van der Waals surface area contributed by atoms with Gasteiger partial charge in [-0.1, -0.05) is 18.2 Å². The number of nitrogens with one attached hydrogen (secondary N) is 1. The summed E-state index contributed by atoms with van der Waals surface area (Å²) in [5, 5.41) is 23.5. The molecule has 2 aromatic rings. The van der Waals surface area contributed by atoms with Crippen LogP contribution in [0.4, 0.5) is 5.69 Å². The molecule has 1 atom stereocenters. The third-order valence-corrected chi connectivity index (χ3v) is 3.11. The Hall–Kier alpha value is -2.10. The molecule has 0 fully saturated rings. The van der Waals surface area contributed by atoms with Gasteiger partial charge in [0.1, 0.15) is 18.9 Å². The minimum absolute atomic E-state index is 0.0595. The molecule has 21 heavy (non-hydrogen) atoms. The van der Waals surface area contributed by atoms with Crippen molar-refractivity contribution in [2.75, 3.05) is 13.2 Å². The quantitative estimate of drug-likeness (QED) is 0.552. The molecule has 0 aliphatic carbocycles. The van der Waals surface area contributed by atoms with Crippen LogP contribution in [0, 0.1) is 10.1 Å². The van der Waals surface area contributed by atoms with Crippen molar-refractivity contribution in [2.24, 2.45) is 0 Å². The van der Waals surface area contributed by atoms with Crippen molar-refractivity contribution >= 4 is 17.4 Å². The number of nitrogens with zero attached hydrogens (tertiary/aromatic N) is 3. The standard InChI is InChI=1S/C12H14N4O4S/c17-10(8-20-12-7-14-21-15-12)6-13-5-9-3-1-2-4-11(9)16(18)19/h1-4,7,10,13,17H,5-6,8H2. The van der Waals surface area contributed by atoms with Gasteiger partial charge in [-0.05, 0) is 0 Å². The maximum Gasteiger partial charge on any atom is 0.273 e. The minimum atomic E-state index is -0.741. The Balaban J connectivity index is 1.75. The molecule has 2 N–H and O–H groups in total. The van der Waals surface area contributed by atoms with Gasteiger partial charge in [0.05, 0.1) is 16.7 Å². The SMILES string of the molecule is O=[N+]([O-])c1ccccc1CNCC(O)COc1cnsn1. The molecule has 112 valence electrons. The highest BCUT2D eigenvalue weighted by molar-refractivity contribution is 6.99. The van der Waals surface area contributed by atoms with Gasteiger partial charge < -0.3 is 15.2 Å². The van der Waals surface area contributed by atoms with E-state index in [9.17, 15) is 15.2 Å². The van der Waals surface area contributed by atoms with Crippen LogP contribution in [0.5, 0.6) is 5.88 Å². The summed E-state index contributed by atoms with van der Waals surface area (Å²) in [5.74, 6) is 0.373. The molecule has 2 rings (SSSR count). The van der Waals surface area contributed by atoms with E-state index in [1.165, 1.54) is 12.3 Å². The largest absolute Gasteiger partial charge is 0.473 e. The number of aliphatic hydroxyl groups excluding tert-OH is 1. The maximum atomic E-state index is 10.8. The van der Waals surface area contributed by atoms with E-state index >= 15 is 0 Å². The van der Waals surface area contributed by atoms with Crippen molar-refractivity contribution in [3.8, 4) is 5.88 Å². The maximum absolute atomic E-state index is 10.8. The molecule has 8 nitrogen and oxygen atoms in total. The van der Waals surface area contributed by atoms with Crippen LogP contribution in [-0.2, 0) is 6.54 Å². The molecule has 0 bridgehead atoms. The number of aromatic nitrogens is 2. The molecule has 0 amide bonds. The fourth-order valence-electron chi connectivity index (χ4n) is 1.67. The van der Waals surface area contributed by atoms with Crippen LogP contribution < -0.4 is 10.1 Å². The summed E-state index contributed by atoms with van der Waals surface area (Å²) in [6.45, 7) is 0.630. The lowest BCUT2D eigenvalue weighted by Crippen LogP contribution is -2.31. The van der Waals surface area contributed by atoms with E-state index in [0.29, 0.717) is 18.0 Å². The van der Waals surface area contributed by atoms with Gasteiger partial charge in [-0.2, -0.15) is 4.37 Å². The Kier molecular flexibility index (Phi) is 5.55. The molecule has 0 spiro atoms. The number of para-hydroxylation sites is 1. The summed E-state index contributed by atoms with van der Waals surface area (Å²) >= 11 is 1.02. The zero-order chi connectivity index (χ0) is 15.1. The second kappa shape index (κ2) is 7.62. The molecule has 1 heterocycles. The van der Waals surface area contributed by atoms with Gasteiger partial charge in [0.15, 0.2) is 0 Å². The van der Waals surface area contributed by atoms with Crippen molar-refractivity contribution in [1.82, 2.24) is 14.1 Å². The molecule has 0 aliphatic rings. The van der Waals surface area contributed by atoms with E-state index in [1.807, 2.05) is 0 Å². The first-order valence-electron chi connectivity index (χ1n) is 6.18. The Labute approximate surface area is 124 Å². The number of aliphatic hydroxyl groups is 1. The van der Waals surface area contributed by atoms with E-state index in [-0.39, 0.29) is 18.8 Å². The average molecular weight is 310 g/mol. The van der Waals surface area contributed by atoms with Crippen LogP contribution in [-0.4, -0.2) is 38.0 Å². The van der Waals surface area contributed by atoms with Gasteiger partial charge in [-0.3, -0.25) is 10.1 Å². The van der Waals surface area contributed by atoms with Gasteiger partial charge in [0, 0.05) is 24.7 Å². The lowest BCUT2D eigenvalue weighted by atomic mass is 10.2. The number of benzene rings is 1. The first kappa shape index (κ1) is 15.3. The first-order valence-corrected chi connectivity index (χ1v) is 6.91. The van der Waals surface area contributed by atoms with E-state index < -0.39 is 11.0 Å². The van der Waals surface area contributed by atoms with Gasteiger partial charge in [-0.25, -0.2) is 0 Å². The summed E-state index contributed by atoms with van der Waals surface area (Å²) < 4.78 is 12.8. The van der Waals surface area contributed by atoms with Crippen LogP contribution >= 0.6 is 11.7 Å². The Morgan fingerprint density at radius 1 is 1.48 bits per heavy atom. The first-order chi connectivity index (χ1) is 10.2. The fraction of sp³-hybridized carbons (Fsp3) is 0.333. The highest BCUT2D eigenvalue weighted by atomic mass is 32.1. The monoisotopic (exact) mass is 310 g/mol. The average Bonchev–Trinajstić information content (AvgIpc) is 2.99. The minimum Gasteiger partial charge on any atom is -0.473 e. The van der Waals surface area contributed by atoms with Crippen LogP contribution in [0.15, 0.2) is 30.5 Å². The zero-order valence-electron chi connectivity index (χ0n) is 11.0. The van der Waals surface area contributed by atoms with E-state index in [4.69, 9.17) is 4.74 Å². The van der Waals surface area contributed by atoms with Crippen LogP contribution in [0.1, 0.15) is 5.56 Å². The van der Waals surface area contributed by atoms with Crippen molar-refractivity contribution < 1.29 is 14.8 Å². The summed E-state index contributed by atoms with van der Waals surface area (Å²) in [6.07, 6.45) is 0.729. The van der Waals surface area contributed by atoms with Gasteiger partial charge in [0.2, 0.25) is 5.88 Å².